The van der Waals surface area contributed by atoms with Gasteiger partial charge in [-0.3, -0.25) is 0 Å². The van der Waals surface area contributed by atoms with Crippen molar-refractivity contribution in [3.8, 4) is 5.75 Å². The van der Waals surface area contributed by atoms with Crippen molar-refractivity contribution < 1.29 is 4.74 Å². The number of aromatic nitrogens is 2. The van der Waals surface area contributed by atoms with Crippen molar-refractivity contribution in [2.45, 2.75) is 13.1 Å². The Morgan fingerprint density at radius 3 is 2.56 bits per heavy atom. The van der Waals surface area contributed by atoms with Crippen LogP contribution >= 0.6 is 31.9 Å². The molecule has 0 saturated carbocycles. The number of aromatic amines is 1. The van der Waals surface area contributed by atoms with Gasteiger partial charge in [-0.1, -0.05) is 0 Å². The van der Waals surface area contributed by atoms with E-state index in [1.807, 2.05) is 18.3 Å². The molecule has 0 saturated heterocycles. The molecule has 6 heteroatoms. The maximum absolute atomic E-state index is 5.26. The zero-order valence-corrected chi connectivity index (χ0v) is 13.0. The molecule has 0 amide bonds. The number of hydrogen-bond donors (Lipinski definition) is 2. The van der Waals surface area contributed by atoms with Crippen LogP contribution in [0.4, 0.5) is 0 Å². The predicted octanol–water partition coefficient (Wildman–Crippen LogP) is 3.23. The van der Waals surface area contributed by atoms with Crippen LogP contribution in [-0.4, -0.2) is 17.1 Å². The first-order valence-corrected chi connectivity index (χ1v) is 7.00. The molecule has 4 nitrogen and oxygen atoms in total. The second-order valence-electron chi connectivity index (χ2n) is 3.73. The Morgan fingerprint density at radius 2 is 2.00 bits per heavy atom. The second kappa shape index (κ2) is 6.36. The van der Waals surface area contributed by atoms with Crippen LogP contribution in [0.25, 0.3) is 0 Å². The minimum atomic E-state index is 0.717. The normalized spacial score (nSPS) is 10.6. The van der Waals surface area contributed by atoms with E-state index < -0.39 is 0 Å². The monoisotopic (exact) mass is 373 g/mol. The molecule has 2 aromatic rings. The molecule has 0 bridgehead atoms. The summed E-state index contributed by atoms with van der Waals surface area (Å²) >= 11 is 6.97. The number of benzene rings is 1. The summed E-state index contributed by atoms with van der Waals surface area (Å²) < 4.78 is 7.14. The highest BCUT2D eigenvalue weighted by Gasteiger charge is 2.07. The first-order chi connectivity index (χ1) is 8.70. The number of halogens is 2. The largest absolute Gasteiger partial charge is 0.494 e. The number of nitrogens with one attached hydrogen (secondary N) is 2. The maximum atomic E-state index is 5.26. The van der Waals surface area contributed by atoms with E-state index in [1.165, 1.54) is 5.56 Å². The molecule has 0 unspecified atom stereocenters. The Balaban J connectivity index is 1.97. The number of hydrogen-bond acceptors (Lipinski definition) is 3. The lowest BCUT2D eigenvalue weighted by molar-refractivity contribution is 0.409. The molecule has 1 aromatic heterocycles. The van der Waals surface area contributed by atoms with Gasteiger partial charge in [0.25, 0.3) is 0 Å². The number of nitrogens with zero attached hydrogens (tertiary/aromatic N) is 1. The van der Waals surface area contributed by atoms with Crippen LogP contribution in [0.2, 0.25) is 0 Å². The molecule has 2 rings (SSSR count). The Labute approximate surface area is 122 Å². The quantitative estimate of drug-likeness (QED) is 0.844. The maximum Gasteiger partial charge on any atom is 0.147 e. The molecule has 0 radical (unpaired) electrons. The molecule has 0 spiro atoms. The van der Waals surface area contributed by atoms with E-state index in [0.717, 1.165) is 27.1 Å². The first-order valence-electron chi connectivity index (χ1n) is 5.41. The predicted molar refractivity (Wildman–Crippen MR) is 77.5 cm³/mol. The average molecular weight is 375 g/mol. The third-order valence-corrected chi connectivity index (χ3v) is 3.62. The topological polar surface area (TPSA) is 49.9 Å². The van der Waals surface area contributed by atoms with Crippen molar-refractivity contribution in [2.75, 3.05) is 7.11 Å². The smallest absolute Gasteiger partial charge is 0.147 e. The van der Waals surface area contributed by atoms with E-state index in [0.29, 0.717) is 6.54 Å². The molecule has 1 heterocycles. The van der Waals surface area contributed by atoms with E-state index >= 15 is 0 Å². The summed E-state index contributed by atoms with van der Waals surface area (Å²) in [7, 11) is 1.65. The van der Waals surface area contributed by atoms with Gasteiger partial charge < -0.3 is 15.0 Å². The lowest BCUT2D eigenvalue weighted by Crippen LogP contribution is -2.13. The summed E-state index contributed by atoms with van der Waals surface area (Å²) in [6.07, 6.45) is 3.56. The van der Waals surface area contributed by atoms with Crippen molar-refractivity contribution >= 4 is 31.9 Å². The fraction of sp³-hybridized carbons (Fsp3) is 0.250. The molecule has 0 aliphatic heterocycles. The number of H-pyrrole nitrogens is 1. The lowest BCUT2D eigenvalue weighted by atomic mass is 10.2. The molecule has 0 fully saturated rings. The SMILES string of the molecule is COc1c(Br)cc(CNCc2ncc[nH]2)cc1Br. The van der Waals surface area contributed by atoms with Gasteiger partial charge in [0.15, 0.2) is 0 Å². The number of rotatable bonds is 5. The van der Waals surface area contributed by atoms with Gasteiger partial charge >= 0.3 is 0 Å². The van der Waals surface area contributed by atoms with Gasteiger partial charge in [0.05, 0.1) is 22.6 Å². The Kier molecular flexibility index (Phi) is 4.79. The minimum absolute atomic E-state index is 0.717. The zero-order valence-electron chi connectivity index (χ0n) is 9.84. The van der Waals surface area contributed by atoms with E-state index in [1.54, 1.807) is 13.3 Å². The van der Waals surface area contributed by atoms with Gasteiger partial charge in [-0.25, -0.2) is 4.98 Å². The lowest BCUT2D eigenvalue weighted by Gasteiger charge is -2.09. The van der Waals surface area contributed by atoms with Gasteiger partial charge in [0.1, 0.15) is 11.6 Å². The van der Waals surface area contributed by atoms with E-state index in [2.05, 4.69) is 47.1 Å². The summed E-state index contributed by atoms with van der Waals surface area (Å²) in [6, 6.07) is 4.08. The van der Waals surface area contributed by atoms with Crippen LogP contribution in [0, 0.1) is 0 Å². The van der Waals surface area contributed by atoms with E-state index in [4.69, 9.17) is 4.74 Å². The second-order valence-corrected chi connectivity index (χ2v) is 5.44. The number of methoxy groups -OCH3 is 1. The summed E-state index contributed by atoms with van der Waals surface area (Å²) in [5, 5.41) is 3.32. The summed E-state index contributed by atoms with van der Waals surface area (Å²) in [6.45, 7) is 1.48. The van der Waals surface area contributed by atoms with Crippen molar-refractivity contribution in [2.24, 2.45) is 0 Å². The molecule has 0 atom stereocenters. The fourth-order valence-corrected chi connectivity index (χ4v) is 3.23. The third kappa shape index (κ3) is 3.34. The zero-order chi connectivity index (χ0) is 13.0. The fourth-order valence-electron chi connectivity index (χ4n) is 1.63. The summed E-state index contributed by atoms with van der Waals surface area (Å²) in [5.41, 5.74) is 1.17. The van der Waals surface area contributed by atoms with Crippen LogP contribution in [0.15, 0.2) is 33.5 Å². The highest BCUT2D eigenvalue weighted by atomic mass is 79.9. The van der Waals surface area contributed by atoms with Gasteiger partial charge in [0.2, 0.25) is 0 Å². The number of ether oxygens (including phenoxy) is 1. The highest BCUT2D eigenvalue weighted by Crippen LogP contribution is 2.34. The van der Waals surface area contributed by atoms with Crippen LogP contribution < -0.4 is 10.1 Å². The van der Waals surface area contributed by atoms with Gasteiger partial charge in [-0.05, 0) is 49.6 Å². The van der Waals surface area contributed by atoms with Gasteiger partial charge in [-0.2, -0.15) is 0 Å². The summed E-state index contributed by atoms with van der Waals surface area (Å²) in [4.78, 5) is 7.21. The van der Waals surface area contributed by atoms with Crippen molar-refractivity contribution in [3.63, 3.8) is 0 Å². The number of imidazole rings is 1. The Hall–Kier alpha value is -0.850. The van der Waals surface area contributed by atoms with Crippen molar-refractivity contribution in [1.82, 2.24) is 15.3 Å². The van der Waals surface area contributed by atoms with Crippen molar-refractivity contribution in [3.05, 3.63) is 44.9 Å². The Morgan fingerprint density at radius 1 is 1.28 bits per heavy atom. The molecule has 18 heavy (non-hydrogen) atoms. The molecule has 1 aromatic carbocycles. The molecular formula is C12H13Br2N3O. The molecule has 2 N–H and O–H groups in total. The molecular weight excluding hydrogens is 362 g/mol. The van der Waals surface area contributed by atoms with Gasteiger partial charge in [-0.15, -0.1) is 0 Å². The van der Waals surface area contributed by atoms with Crippen LogP contribution in [-0.2, 0) is 13.1 Å². The average Bonchev–Trinajstić information content (AvgIpc) is 2.82. The summed E-state index contributed by atoms with van der Waals surface area (Å²) in [5.74, 6) is 1.74. The van der Waals surface area contributed by atoms with Gasteiger partial charge in [0, 0.05) is 18.9 Å². The van der Waals surface area contributed by atoms with E-state index in [9.17, 15) is 0 Å². The highest BCUT2D eigenvalue weighted by molar-refractivity contribution is 9.11. The molecule has 0 aliphatic rings. The molecule has 0 aliphatic carbocycles. The Bertz CT molecular complexity index is 491. The molecule has 96 valence electrons. The van der Waals surface area contributed by atoms with Crippen LogP contribution in [0.3, 0.4) is 0 Å². The van der Waals surface area contributed by atoms with Crippen LogP contribution in [0.1, 0.15) is 11.4 Å². The van der Waals surface area contributed by atoms with Crippen molar-refractivity contribution in [1.29, 1.82) is 0 Å². The minimum Gasteiger partial charge on any atom is -0.494 e. The van der Waals surface area contributed by atoms with E-state index in [-0.39, 0.29) is 0 Å². The third-order valence-electron chi connectivity index (χ3n) is 2.44. The standard InChI is InChI=1S/C12H13Br2N3O/c1-18-12-9(13)4-8(5-10(12)14)6-15-7-11-16-2-3-17-11/h2-5,15H,6-7H2,1H3,(H,16,17). The first kappa shape index (κ1) is 13.6. The van der Waals surface area contributed by atoms with Crippen LogP contribution in [0.5, 0.6) is 5.75 Å².